The van der Waals surface area contributed by atoms with Crippen molar-refractivity contribution in [2.45, 2.75) is 19.4 Å². The third kappa shape index (κ3) is 3.84. The summed E-state index contributed by atoms with van der Waals surface area (Å²) >= 11 is 0. The van der Waals surface area contributed by atoms with Crippen LogP contribution in [0.1, 0.15) is 13.3 Å². The second kappa shape index (κ2) is 6.51. The number of nitrogens with zero attached hydrogens (tertiary/aromatic N) is 2. The zero-order valence-corrected chi connectivity index (χ0v) is 10.2. The van der Waals surface area contributed by atoms with Crippen LogP contribution in [-0.4, -0.2) is 61.5 Å². The third-order valence-electron chi connectivity index (χ3n) is 2.97. The molecule has 1 aliphatic heterocycles. The Bertz CT molecular complexity index is 264. The van der Waals surface area contributed by atoms with Crippen LogP contribution < -0.4 is 5.32 Å². The fourth-order valence-corrected chi connectivity index (χ4v) is 1.70. The molecular weight excluding hydrogens is 202 g/mol. The summed E-state index contributed by atoms with van der Waals surface area (Å²) in [4.78, 5) is 15.9. The summed E-state index contributed by atoms with van der Waals surface area (Å²) in [5, 5.41) is 3.09. The van der Waals surface area contributed by atoms with Gasteiger partial charge in [0.15, 0.2) is 0 Å². The molecule has 1 saturated heterocycles. The van der Waals surface area contributed by atoms with E-state index in [4.69, 9.17) is 6.42 Å². The Balaban J connectivity index is 2.27. The molecule has 4 heteroatoms. The lowest BCUT2D eigenvalue weighted by Crippen LogP contribution is -2.50. The molecule has 0 aliphatic carbocycles. The van der Waals surface area contributed by atoms with E-state index < -0.39 is 0 Å². The molecule has 0 radical (unpaired) electrons. The summed E-state index contributed by atoms with van der Waals surface area (Å²) in [5.74, 6) is 2.78. The maximum absolute atomic E-state index is 11.8. The number of terminal acetylenes is 1. The average molecular weight is 223 g/mol. The standard InChI is InChI=1S/C12H21N3O/c1-4-11(5-2)13-10-12(16)15-8-6-14(3)7-9-15/h1,11,13H,5-10H2,2-3H3. The Morgan fingerprint density at radius 2 is 2.06 bits per heavy atom. The minimum atomic E-state index is 0.0106. The zero-order valence-electron chi connectivity index (χ0n) is 10.2. The van der Waals surface area contributed by atoms with Crippen molar-refractivity contribution in [3.05, 3.63) is 0 Å². The molecule has 0 saturated carbocycles. The zero-order chi connectivity index (χ0) is 12.0. The van der Waals surface area contributed by atoms with Gasteiger partial charge in [-0.1, -0.05) is 12.8 Å². The SMILES string of the molecule is C#CC(CC)NCC(=O)N1CCN(C)CC1. The number of hydrogen-bond donors (Lipinski definition) is 1. The predicted octanol–water partition coefficient (Wildman–Crippen LogP) is -0.238. The van der Waals surface area contributed by atoms with Gasteiger partial charge in [0.2, 0.25) is 5.91 Å². The van der Waals surface area contributed by atoms with Crippen LogP contribution in [0.5, 0.6) is 0 Å². The van der Waals surface area contributed by atoms with Gasteiger partial charge in [-0.05, 0) is 13.5 Å². The summed E-state index contributed by atoms with van der Waals surface area (Å²) in [6.07, 6.45) is 6.18. The first-order valence-corrected chi connectivity index (χ1v) is 5.83. The van der Waals surface area contributed by atoms with Gasteiger partial charge in [-0.15, -0.1) is 6.42 Å². The number of carbonyl (C=O) groups excluding carboxylic acids is 1. The van der Waals surface area contributed by atoms with Crippen LogP contribution >= 0.6 is 0 Å². The maximum atomic E-state index is 11.8. The van der Waals surface area contributed by atoms with E-state index in [0.29, 0.717) is 6.54 Å². The number of likely N-dealkylation sites (N-methyl/N-ethyl adjacent to an activating group) is 1. The predicted molar refractivity (Wildman–Crippen MR) is 65.0 cm³/mol. The van der Waals surface area contributed by atoms with E-state index in [1.54, 1.807) is 0 Å². The fourth-order valence-electron chi connectivity index (χ4n) is 1.70. The average Bonchev–Trinajstić information content (AvgIpc) is 2.31. The summed E-state index contributed by atoms with van der Waals surface area (Å²) < 4.78 is 0. The highest BCUT2D eigenvalue weighted by atomic mass is 16.2. The Morgan fingerprint density at radius 1 is 1.44 bits per heavy atom. The van der Waals surface area contributed by atoms with Gasteiger partial charge in [-0.3, -0.25) is 10.1 Å². The first-order chi connectivity index (χ1) is 7.67. The second-order valence-corrected chi connectivity index (χ2v) is 4.19. The number of carbonyl (C=O) groups is 1. The molecule has 1 amide bonds. The van der Waals surface area contributed by atoms with Crippen molar-refractivity contribution in [3.8, 4) is 12.3 Å². The summed E-state index contributed by atoms with van der Waals surface area (Å²) in [5.41, 5.74) is 0. The molecule has 1 rings (SSSR count). The minimum absolute atomic E-state index is 0.0106. The van der Waals surface area contributed by atoms with Gasteiger partial charge >= 0.3 is 0 Å². The van der Waals surface area contributed by atoms with E-state index in [0.717, 1.165) is 32.6 Å². The normalized spacial score (nSPS) is 19.2. The molecule has 4 nitrogen and oxygen atoms in total. The molecule has 1 unspecified atom stereocenters. The number of nitrogens with one attached hydrogen (secondary N) is 1. The lowest BCUT2D eigenvalue weighted by atomic mass is 10.2. The van der Waals surface area contributed by atoms with Crippen LogP contribution in [-0.2, 0) is 4.79 Å². The van der Waals surface area contributed by atoms with E-state index in [9.17, 15) is 4.79 Å². The Morgan fingerprint density at radius 3 is 2.56 bits per heavy atom. The lowest BCUT2D eigenvalue weighted by Gasteiger charge is -2.32. The van der Waals surface area contributed by atoms with Crippen LogP contribution in [0.15, 0.2) is 0 Å². The number of amides is 1. The van der Waals surface area contributed by atoms with E-state index in [-0.39, 0.29) is 11.9 Å². The summed E-state index contributed by atoms with van der Waals surface area (Å²) in [6.45, 7) is 5.92. The highest BCUT2D eigenvalue weighted by Crippen LogP contribution is 1.99. The van der Waals surface area contributed by atoms with Crippen molar-refractivity contribution in [1.29, 1.82) is 0 Å². The molecule has 0 aromatic carbocycles. The smallest absolute Gasteiger partial charge is 0.236 e. The largest absolute Gasteiger partial charge is 0.339 e. The van der Waals surface area contributed by atoms with Gasteiger partial charge in [0.25, 0.3) is 0 Å². The second-order valence-electron chi connectivity index (χ2n) is 4.19. The fraction of sp³-hybridized carbons (Fsp3) is 0.750. The molecular formula is C12H21N3O. The van der Waals surface area contributed by atoms with Gasteiger partial charge in [0.05, 0.1) is 12.6 Å². The summed E-state index contributed by atoms with van der Waals surface area (Å²) in [7, 11) is 2.07. The van der Waals surface area contributed by atoms with Crippen molar-refractivity contribution < 1.29 is 4.79 Å². The van der Waals surface area contributed by atoms with E-state index >= 15 is 0 Å². The van der Waals surface area contributed by atoms with E-state index in [1.807, 2.05) is 11.8 Å². The highest BCUT2D eigenvalue weighted by Gasteiger charge is 2.18. The van der Waals surface area contributed by atoms with Gasteiger partial charge in [0, 0.05) is 26.2 Å². The Kier molecular flexibility index (Phi) is 5.30. The number of piperazine rings is 1. The number of rotatable bonds is 4. The van der Waals surface area contributed by atoms with Gasteiger partial charge < -0.3 is 9.80 Å². The molecule has 1 atom stereocenters. The van der Waals surface area contributed by atoms with Crippen molar-refractivity contribution in [1.82, 2.24) is 15.1 Å². The molecule has 1 fully saturated rings. The molecule has 0 aromatic rings. The van der Waals surface area contributed by atoms with Crippen LogP contribution in [0.3, 0.4) is 0 Å². The molecule has 0 aromatic heterocycles. The molecule has 1 heterocycles. The van der Waals surface area contributed by atoms with Gasteiger partial charge in [-0.25, -0.2) is 0 Å². The van der Waals surface area contributed by atoms with Crippen molar-refractivity contribution >= 4 is 5.91 Å². The molecule has 16 heavy (non-hydrogen) atoms. The molecule has 1 aliphatic rings. The van der Waals surface area contributed by atoms with Crippen LogP contribution in [0, 0.1) is 12.3 Å². The number of hydrogen-bond acceptors (Lipinski definition) is 3. The maximum Gasteiger partial charge on any atom is 0.236 e. The molecule has 90 valence electrons. The molecule has 1 N–H and O–H groups in total. The lowest BCUT2D eigenvalue weighted by molar-refractivity contribution is -0.131. The minimum Gasteiger partial charge on any atom is -0.339 e. The van der Waals surface area contributed by atoms with Crippen molar-refractivity contribution in [2.24, 2.45) is 0 Å². The quantitative estimate of drug-likeness (QED) is 0.668. The molecule has 0 bridgehead atoms. The first kappa shape index (κ1) is 13.0. The van der Waals surface area contributed by atoms with Crippen molar-refractivity contribution in [2.75, 3.05) is 39.8 Å². The monoisotopic (exact) mass is 223 g/mol. The van der Waals surface area contributed by atoms with Crippen molar-refractivity contribution in [3.63, 3.8) is 0 Å². The summed E-state index contributed by atoms with van der Waals surface area (Å²) in [6, 6.07) is 0.0106. The van der Waals surface area contributed by atoms with Crippen LogP contribution in [0.4, 0.5) is 0 Å². The van der Waals surface area contributed by atoms with E-state index in [1.165, 1.54) is 0 Å². The van der Waals surface area contributed by atoms with Gasteiger partial charge in [0.1, 0.15) is 0 Å². The highest BCUT2D eigenvalue weighted by molar-refractivity contribution is 5.78. The topological polar surface area (TPSA) is 35.6 Å². The Hall–Kier alpha value is -1.05. The first-order valence-electron chi connectivity index (χ1n) is 5.83. The van der Waals surface area contributed by atoms with E-state index in [2.05, 4.69) is 23.2 Å². The Labute approximate surface area is 98.0 Å². The van der Waals surface area contributed by atoms with Crippen LogP contribution in [0.2, 0.25) is 0 Å². The van der Waals surface area contributed by atoms with Gasteiger partial charge in [-0.2, -0.15) is 0 Å². The molecule has 0 spiro atoms. The van der Waals surface area contributed by atoms with Crippen LogP contribution in [0.25, 0.3) is 0 Å². The third-order valence-corrected chi connectivity index (χ3v) is 2.97.